The standard InChI is InChI=1S/C34H34FN7O5S/c1-34(18-29(43)39-33-37-12-14-48-33)25-17-28(27(15-20(25)9-11-38-34)46-19-22-5-2-3-13-45-22)47-21-7-8-23(26(35)16-21)32(44)40-31-24-6-4-10-36-30(24)41-42-31/h4,6-8,10,12,14-17,22,38H,2-3,5,9,11,13,18-19H2,1H3,(H,37,39,43)(H2,36,40,41,42,44)/t22-,34-/m1/s1. The Labute approximate surface area is 279 Å². The van der Waals surface area contributed by atoms with E-state index >= 15 is 4.39 Å². The molecule has 3 aromatic heterocycles. The summed E-state index contributed by atoms with van der Waals surface area (Å²) in [5, 5.41) is 18.8. The Morgan fingerprint density at radius 1 is 1.12 bits per heavy atom. The molecule has 2 aliphatic heterocycles. The first-order chi connectivity index (χ1) is 23.3. The minimum absolute atomic E-state index is 0.0400. The van der Waals surface area contributed by atoms with E-state index in [1.807, 2.05) is 19.1 Å². The van der Waals surface area contributed by atoms with E-state index in [0.717, 1.165) is 42.9 Å². The largest absolute Gasteiger partial charge is 0.487 e. The van der Waals surface area contributed by atoms with Gasteiger partial charge in [0, 0.05) is 49.0 Å². The molecule has 2 amide bonds. The molecular formula is C34H34FN7O5S. The van der Waals surface area contributed by atoms with E-state index in [4.69, 9.17) is 14.2 Å². The van der Waals surface area contributed by atoms with Crippen molar-refractivity contribution >= 4 is 45.1 Å². The van der Waals surface area contributed by atoms with Crippen molar-refractivity contribution < 1.29 is 28.2 Å². The highest BCUT2D eigenvalue weighted by Crippen LogP contribution is 2.41. The van der Waals surface area contributed by atoms with Gasteiger partial charge in [-0.25, -0.2) is 14.4 Å². The van der Waals surface area contributed by atoms with Crippen molar-refractivity contribution in [1.82, 2.24) is 25.5 Å². The third-order valence-corrected chi connectivity index (χ3v) is 9.23. The van der Waals surface area contributed by atoms with Crippen LogP contribution in [0.3, 0.4) is 0 Å². The minimum Gasteiger partial charge on any atom is -0.487 e. The molecule has 7 rings (SSSR count). The number of hydrogen-bond donors (Lipinski definition) is 4. The summed E-state index contributed by atoms with van der Waals surface area (Å²) in [7, 11) is 0. The predicted molar refractivity (Wildman–Crippen MR) is 178 cm³/mol. The number of pyridine rings is 1. The molecule has 14 heteroatoms. The van der Waals surface area contributed by atoms with Crippen molar-refractivity contribution in [3.05, 3.63) is 82.7 Å². The zero-order valence-corrected chi connectivity index (χ0v) is 27.0. The number of hydrogen-bond acceptors (Lipinski definition) is 10. The fourth-order valence-electron chi connectivity index (χ4n) is 6.13. The van der Waals surface area contributed by atoms with Crippen molar-refractivity contribution in [1.29, 1.82) is 0 Å². The topological polar surface area (TPSA) is 152 Å². The molecule has 48 heavy (non-hydrogen) atoms. The second-order valence-electron chi connectivity index (χ2n) is 12.0. The summed E-state index contributed by atoms with van der Waals surface area (Å²) >= 11 is 1.35. The summed E-state index contributed by atoms with van der Waals surface area (Å²) in [6.45, 7) is 3.67. The lowest BCUT2D eigenvalue weighted by Crippen LogP contribution is -2.47. The van der Waals surface area contributed by atoms with Crippen LogP contribution in [0.2, 0.25) is 0 Å². The summed E-state index contributed by atoms with van der Waals surface area (Å²) in [4.78, 5) is 34.4. The van der Waals surface area contributed by atoms with Crippen LogP contribution in [-0.4, -0.2) is 57.8 Å². The third kappa shape index (κ3) is 6.86. The van der Waals surface area contributed by atoms with E-state index < -0.39 is 17.3 Å². The minimum atomic E-state index is -0.774. The van der Waals surface area contributed by atoms with Crippen LogP contribution < -0.4 is 25.4 Å². The second kappa shape index (κ2) is 13.7. The summed E-state index contributed by atoms with van der Waals surface area (Å²) in [6, 6.07) is 11.3. The number of benzene rings is 2. The molecule has 5 heterocycles. The van der Waals surface area contributed by atoms with Crippen molar-refractivity contribution in [2.75, 3.05) is 30.4 Å². The molecule has 12 nitrogen and oxygen atoms in total. The smallest absolute Gasteiger partial charge is 0.259 e. The molecule has 2 aliphatic rings. The molecule has 0 spiro atoms. The van der Waals surface area contributed by atoms with Gasteiger partial charge in [-0.15, -0.1) is 11.3 Å². The fraction of sp³-hybridized carbons (Fsp3) is 0.324. The first kappa shape index (κ1) is 31.7. The van der Waals surface area contributed by atoms with Gasteiger partial charge in [-0.05, 0) is 80.1 Å². The van der Waals surface area contributed by atoms with Gasteiger partial charge in [-0.2, -0.15) is 5.10 Å². The molecule has 1 saturated heterocycles. The lowest BCUT2D eigenvalue weighted by Gasteiger charge is -2.37. The third-order valence-electron chi connectivity index (χ3n) is 8.55. The van der Waals surface area contributed by atoms with Gasteiger partial charge in [0.05, 0.1) is 17.1 Å². The number of ether oxygens (including phenoxy) is 3. The zero-order chi connectivity index (χ0) is 33.1. The molecule has 5 aromatic rings. The van der Waals surface area contributed by atoms with E-state index in [2.05, 4.69) is 36.1 Å². The first-order valence-corrected chi connectivity index (χ1v) is 16.7. The van der Waals surface area contributed by atoms with Gasteiger partial charge < -0.3 is 30.2 Å². The molecule has 2 atom stereocenters. The lowest BCUT2D eigenvalue weighted by atomic mass is 9.81. The van der Waals surface area contributed by atoms with Gasteiger partial charge in [0.15, 0.2) is 28.1 Å². The maximum absolute atomic E-state index is 15.4. The number of H-pyrrole nitrogens is 1. The number of amides is 2. The van der Waals surface area contributed by atoms with E-state index in [1.165, 1.54) is 23.5 Å². The molecule has 2 aromatic carbocycles. The molecule has 0 saturated carbocycles. The number of rotatable bonds is 10. The number of anilines is 2. The fourth-order valence-corrected chi connectivity index (χ4v) is 6.67. The van der Waals surface area contributed by atoms with E-state index in [0.29, 0.717) is 47.4 Å². The Kier molecular flexibility index (Phi) is 9.02. The quantitative estimate of drug-likeness (QED) is 0.141. The Hall–Kier alpha value is -4.92. The number of nitrogens with one attached hydrogen (secondary N) is 4. The van der Waals surface area contributed by atoms with Crippen molar-refractivity contribution in [3.63, 3.8) is 0 Å². The molecule has 0 unspecified atom stereocenters. The molecule has 4 N–H and O–H groups in total. The second-order valence-corrected chi connectivity index (χ2v) is 12.9. The molecule has 0 bridgehead atoms. The van der Waals surface area contributed by atoms with Gasteiger partial charge in [0.1, 0.15) is 18.2 Å². The van der Waals surface area contributed by atoms with Crippen molar-refractivity contribution in [2.24, 2.45) is 0 Å². The SMILES string of the molecule is C[C@]1(CC(=O)Nc2nccs2)NCCc2cc(OC[C@H]3CCCCO3)c(Oc3ccc(C(=O)Nc4n[nH]c5ncccc45)c(F)c3)cc21. The number of thiazole rings is 1. The van der Waals surface area contributed by atoms with Crippen molar-refractivity contribution in [2.45, 2.75) is 50.7 Å². The highest BCUT2D eigenvalue weighted by molar-refractivity contribution is 7.13. The number of carbonyl (C=O) groups is 2. The average Bonchev–Trinajstić information content (AvgIpc) is 3.74. The number of carbonyl (C=O) groups excluding carboxylic acids is 2. The Morgan fingerprint density at radius 2 is 2.04 bits per heavy atom. The molecule has 0 radical (unpaired) electrons. The van der Waals surface area contributed by atoms with E-state index in [9.17, 15) is 9.59 Å². The van der Waals surface area contributed by atoms with Crippen LogP contribution >= 0.6 is 11.3 Å². The highest BCUT2D eigenvalue weighted by atomic mass is 32.1. The lowest BCUT2D eigenvalue weighted by molar-refractivity contribution is -0.117. The Morgan fingerprint density at radius 3 is 2.85 bits per heavy atom. The van der Waals surface area contributed by atoms with Gasteiger partial charge in [-0.3, -0.25) is 14.7 Å². The van der Waals surface area contributed by atoms with Crippen LogP contribution in [0.15, 0.2) is 60.2 Å². The zero-order valence-electron chi connectivity index (χ0n) is 26.2. The average molecular weight is 672 g/mol. The van der Waals surface area contributed by atoms with Crippen molar-refractivity contribution in [3.8, 4) is 17.2 Å². The number of nitrogens with zero attached hydrogens (tertiary/aromatic N) is 3. The Balaban J connectivity index is 1.15. The van der Waals surface area contributed by atoms with Crippen LogP contribution in [-0.2, 0) is 21.5 Å². The molecular weight excluding hydrogens is 637 g/mol. The number of aromatic amines is 1. The number of aromatic nitrogens is 4. The number of halogens is 1. The highest BCUT2D eigenvalue weighted by Gasteiger charge is 2.36. The maximum Gasteiger partial charge on any atom is 0.259 e. The van der Waals surface area contributed by atoms with Gasteiger partial charge in [-0.1, -0.05) is 0 Å². The van der Waals surface area contributed by atoms with Crippen LogP contribution in [0.4, 0.5) is 15.3 Å². The van der Waals surface area contributed by atoms with Gasteiger partial charge in [0.2, 0.25) is 5.91 Å². The number of fused-ring (bicyclic) bond motifs is 2. The normalized spacial score (nSPS) is 19.0. The van der Waals surface area contributed by atoms with E-state index in [-0.39, 0.29) is 35.6 Å². The van der Waals surface area contributed by atoms with Crippen LogP contribution in [0.25, 0.3) is 11.0 Å². The molecule has 248 valence electrons. The summed E-state index contributed by atoms with van der Waals surface area (Å²) in [5.41, 5.74) is 1.49. The first-order valence-electron chi connectivity index (χ1n) is 15.8. The molecule has 1 fully saturated rings. The summed E-state index contributed by atoms with van der Waals surface area (Å²) < 4.78 is 33.9. The summed E-state index contributed by atoms with van der Waals surface area (Å²) in [6.07, 6.45) is 7.07. The van der Waals surface area contributed by atoms with Crippen LogP contribution in [0, 0.1) is 5.82 Å². The van der Waals surface area contributed by atoms with Crippen LogP contribution in [0.5, 0.6) is 17.2 Å². The van der Waals surface area contributed by atoms with E-state index in [1.54, 1.807) is 29.9 Å². The predicted octanol–water partition coefficient (Wildman–Crippen LogP) is 5.94. The molecule has 0 aliphatic carbocycles. The van der Waals surface area contributed by atoms with Gasteiger partial charge in [0.25, 0.3) is 5.91 Å². The summed E-state index contributed by atoms with van der Waals surface area (Å²) in [5.74, 6) is -0.363. The van der Waals surface area contributed by atoms with Crippen LogP contribution in [0.1, 0.15) is 54.1 Å². The maximum atomic E-state index is 15.4. The Bertz CT molecular complexity index is 1950. The monoisotopic (exact) mass is 671 g/mol. The van der Waals surface area contributed by atoms with Gasteiger partial charge >= 0.3 is 0 Å².